The second kappa shape index (κ2) is 8.47. The van der Waals surface area contributed by atoms with Gasteiger partial charge in [0, 0.05) is 53.9 Å². The number of alkyl halides is 2. The van der Waals surface area contributed by atoms with Crippen molar-refractivity contribution in [3.05, 3.63) is 56.9 Å². The fraction of sp³-hybridized carbons (Fsp3) is 0.615. The Bertz CT molecular complexity index is 1320. The molecule has 2 saturated carbocycles. The Morgan fingerprint density at radius 3 is 2.60 bits per heavy atom. The summed E-state index contributed by atoms with van der Waals surface area (Å²) in [7, 11) is 0. The van der Waals surface area contributed by atoms with Gasteiger partial charge in [0.2, 0.25) is 5.92 Å². The lowest BCUT2D eigenvalue weighted by molar-refractivity contribution is -0.0382. The molecule has 2 aliphatic carbocycles. The molecule has 0 N–H and O–H groups in total. The van der Waals surface area contributed by atoms with Crippen molar-refractivity contribution in [2.75, 3.05) is 6.61 Å². The van der Waals surface area contributed by atoms with Gasteiger partial charge in [0.15, 0.2) is 5.65 Å². The zero-order valence-electron chi connectivity index (χ0n) is 20.2. The summed E-state index contributed by atoms with van der Waals surface area (Å²) < 4.78 is 37.4. The molecule has 0 aromatic carbocycles. The van der Waals surface area contributed by atoms with Crippen molar-refractivity contribution in [3.63, 3.8) is 0 Å². The minimum absolute atomic E-state index is 0.0622. The van der Waals surface area contributed by atoms with Crippen LogP contribution in [0, 0.1) is 13.8 Å². The predicted molar refractivity (Wildman–Crippen MR) is 126 cm³/mol. The Labute approximate surface area is 202 Å². The van der Waals surface area contributed by atoms with Crippen LogP contribution in [0.3, 0.4) is 0 Å². The first kappa shape index (κ1) is 22.8. The van der Waals surface area contributed by atoms with Crippen molar-refractivity contribution < 1.29 is 13.5 Å². The van der Waals surface area contributed by atoms with E-state index in [-0.39, 0.29) is 36.3 Å². The molecular weight excluding hydrogens is 452 g/mol. The van der Waals surface area contributed by atoms with Crippen LogP contribution in [-0.4, -0.2) is 36.9 Å². The molecule has 3 aromatic heterocycles. The number of aromatic nitrogens is 5. The first-order chi connectivity index (χ1) is 16.8. The molecule has 7 nitrogen and oxygen atoms in total. The molecule has 3 fully saturated rings. The third kappa shape index (κ3) is 4.28. The molecule has 3 aliphatic rings. The van der Waals surface area contributed by atoms with E-state index in [1.165, 1.54) is 17.4 Å². The Morgan fingerprint density at radius 1 is 1.09 bits per heavy atom. The minimum Gasteiger partial charge on any atom is -0.373 e. The second-order valence-electron chi connectivity index (χ2n) is 10.6. The van der Waals surface area contributed by atoms with Crippen LogP contribution in [0.15, 0.2) is 23.3 Å². The SMILES string of the molecule is Cc1nc2c(C3CCC(F)(F)CC3)cc([C@H]3CCO[C@@H](c4cnn(C5CC5)c4)C3)nn2c(=O)c1C. The summed E-state index contributed by atoms with van der Waals surface area (Å²) in [6, 6.07) is 2.55. The van der Waals surface area contributed by atoms with E-state index in [1.54, 1.807) is 6.92 Å². The maximum Gasteiger partial charge on any atom is 0.277 e. The van der Waals surface area contributed by atoms with Crippen LogP contribution < -0.4 is 5.56 Å². The van der Waals surface area contributed by atoms with E-state index in [4.69, 9.17) is 14.8 Å². The molecule has 0 radical (unpaired) electrons. The molecule has 0 spiro atoms. The van der Waals surface area contributed by atoms with E-state index in [0.717, 1.165) is 29.7 Å². The zero-order chi connectivity index (χ0) is 24.3. The van der Waals surface area contributed by atoms with Gasteiger partial charge in [0.1, 0.15) is 0 Å². The van der Waals surface area contributed by atoms with Crippen LogP contribution in [0.1, 0.15) is 103 Å². The summed E-state index contributed by atoms with van der Waals surface area (Å²) in [5.74, 6) is -2.58. The van der Waals surface area contributed by atoms with Crippen LogP contribution in [0.2, 0.25) is 0 Å². The van der Waals surface area contributed by atoms with Crippen molar-refractivity contribution in [2.24, 2.45) is 0 Å². The van der Waals surface area contributed by atoms with E-state index in [0.29, 0.717) is 42.4 Å². The molecular formula is C26H31F2N5O2. The molecule has 1 saturated heterocycles. The van der Waals surface area contributed by atoms with Crippen molar-refractivity contribution in [2.45, 2.75) is 95.1 Å². The van der Waals surface area contributed by atoms with Gasteiger partial charge in [-0.1, -0.05) is 0 Å². The van der Waals surface area contributed by atoms with Gasteiger partial charge in [0.05, 0.1) is 24.0 Å². The first-order valence-corrected chi connectivity index (χ1v) is 12.7. The fourth-order valence-electron chi connectivity index (χ4n) is 5.55. The Kier molecular flexibility index (Phi) is 5.51. The van der Waals surface area contributed by atoms with E-state index in [2.05, 4.69) is 11.3 Å². The lowest BCUT2D eigenvalue weighted by Crippen LogP contribution is -2.28. The molecule has 3 aromatic rings. The Balaban J connectivity index is 1.37. The molecule has 186 valence electrons. The molecule has 4 heterocycles. The number of hydrogen-bond acceptors (Lipinski definition) is 5. The largest absolute Gasteiger partial charge is 0.373 e. The predicted octanol–water partition coefficient (Wildman–Crippen LogP) is 5.17. The highest BCUT2D eigenvalue weighted by Crippen LogP contribution is 2.43. The van der Waals surface area contributed by atoms with Crippen LogP contribution in [-0.2, 0) is 4.74 Å². The molecule has 0 amide bonds. The lowest BCUT2D eigenvalue weighted by atomic mass is 9.81. The summed E-state index contributed by atoms with van der Waals surface area (Å²) in [6.07, 6.45) is 8.27. The number of fused-ring (bicyclic) bond motifs is 1. The summed E-state index contributed by atoms with van der Waals surface area (Å²) in [5.41, 5.74) is 4.30. The molecule has 2 atom stereocenters. The number of hydrogen-bond donors (Lipinski definition) is 0. The van der Waals surface area contributed by atoms with E-state index < -0.39 is 5.92 Å². The summed E-state index contributed by atoms with van der Waals surface area (Å²) in [4.78, 5) is 17.9. The van der Waals surface area contributed by atoms with Crippen LogP contribution in [0.4, 0.5) is 8.78 Å². The first-order valence-electron chi connectivity index (χ1n) is 12.7. The molecule has 35 heavy (non-hydrogen) atoms. The third-order valence-electron chi connectivity index (χ3n) is 8.08. The van der Waals surface area contributed by atoms with Crippen molar-refractivity contribution in [1.29, 1.82) is 0 Å². The van der Waals surface area contributed by atoms with Crippen molar-refractivity contribution >= 4 is 5.65 Å². The van der Waals surface area contributed by atoms with Crippen molar-refractivity contribution in [1.82, 2.24) is 24.4 Å². The number of ether oxygens (including phenoxy) is 1. The van der Waals surface area contributed by atoms with Gasteiger partial charge in [-0.05, 0) is 64.4 Å². The Hall–Kier alpha value is -2.68. The summed E-state index contributed by atoms with van der Waals surface area (Å²) in [6.45, 7) is 4.16. The standard InChI is InChI=1S/C26H31F2N5O2/c1-15-16(2)30-24-21(17-5-8-26(27,28)9-6-17)12-22(31-33(24)25(15)34)18-7-10-35-23(11-18)19-13-29-32(14-19)20-3-4-20/h12-14,17-18,20,23H,3-11H2,1-2H3/t18-,23+/m0/s1. The van der Waals surface area contributed by atoms with Gasteiger partial charge < -0.3 is 4.74 Å². The van der Waals surface area contributed by atoms with Gasteiger partial charge in [-0.2, -0.15) is 14.7 Å². The highest BCUT2D eigenvalue weighted by atomic mass is 19.3. The average molecular weight is 484 g/mol. The highest BCUT2D eigenvalue weighted by molar-refractivity contribution is 5.51. The van der Waals surface area contributed by atoms with Gasteiger partial charge >= 0.3 is 0 Å². The molecule has 6 rings (SSSR count). The van der Waals surface area contributed by atoms with Crippen LogP contribution >= 0.6 is 0 Å². The normalized spacial score (nSPS) is 25.3. The smallest absolute Gasteiger partial charge is 0.277 e. The quantitative estimate of drug-likeness (QED) is 0.512. The van der Waals surface area contributed by atoms with E-state index in [9.17, 15) is 13.6 Å². The summed E-state index contributed by atoms with van der Waals surface area (Å²) >= 11 is 0. The van der Waals surface area contributed by atoms with Crippen LogP contribution in [0.5, 0.6) is 0 Å². The minimum atomic E-state index is -2.61. The molecule has 0 unspecified atom stereocenters. The maximum absolute atomic E-state index is 13.9. The topological polar surface area (TPSA) is 74.3 Å². The lowest BCUT2D eigenvalue weighted by Gasteiger charge is -2.31. The van der Waals surface area contributed by atoms with E-state index in [1.807, 2.05) is 23.9 Å². The monoisotopic (exact) mass is 483 g/mol. The molecule has 9 heteroatoms. The van der Waals surface area contributed by atoms with Gasteiger partial charge in [-0.25, -0.2) is 13.8 Å². The van der Waals surface area contributed by atoms with E-state index >= 15 is 0 Å². The number of aryl methyl sites for hydroxylation is 1. The molecule has 1 aliphatic heterocycles. The third-order valence-corrected chi connectivity index (χ3v) is 8.08. The fourth-order valence-corrected chi connectivity index (χ4v) is 5.55. The second-order valence-corrected chi connectivity index (χ2v) is 10.6. The maximum atomic E-state index is 13.9. The molecule has 0 bridgehead atoms. The van der Waals surface area contributed by atoms with Gasteiger partial charge in [-0.15, -0.1) is 0 Å². The van der Waals surface area contributed by atoms with Crippen molar-refractivity contribution in [3.8, 4) is 0 Å². The Morgan fingerprint density at radius 2 is 1.86 bits per heavy atom. The zero-order valence-corrected chi connectivity index (χ0v) is 20.2. The average Bonchev–Trinajstić information content (AvgIpc) is 3.59. The van der Waals surface area contributed by atoms with Gasteiger partial charge in [0.25, 0.3) is 5.56 Å². The number of rotatable bonds is 4. The van der Waals surface area contributed by atoms with Gasteiger partial charge in [-0.3, -0.25) is 9.48 Å². The van der Waals surface area contributed by atoms with Crippen LogP contribution in [0.25, 0.3) is 5.65 Å². The number of halogens is 2. The highest BCUT2D eigenvalue weighted by Gasteiger charge is 2.37. The summed E-state index contributed by atoms with van der Waals surface area (Å²) in [5, 5.41) is 9.29. The number of nitrogens with zero attached hydrogens (tertiary/aromatic N) is 5.